The van der Waals surface area contributed by atoms with Crippen molar-refractivity contribution in [3.8, 4) is 23.3 Å². The van der Waals surface area contributed by atoms with Crippen molar-refractivity contribution in [1.29, 1.82) is 5.26 Å². The fraction of sp³-hybridized carbons (Fsp3) is 0.217. The Labute approximate surface area is 175 Å². The first-order chi connectivity index (χ1) is 14.6. The zero-order valence-electron chi connectivity index (χ0n) is 17.3. The minimum absolute atomic E-state index is 0.0433. The van der Waals surface area contributed by atoms with Gasteiger partial charge in [0.25, 0.3) is 0 Å². The average Bonchev–Trinajstić information content (AvgIpc) is 3.18. The summed E-state index contributed by atoms with van der Waals surface area (Å²) in [5, 5.41) is 12.6. The van der Waals surface area contributed by atoms with Crippen molar-refractivity contribution >= 4 is 18.0 Å². The number of rotatable bonds is 8. The predicted molar refractivity (Wildman–Crippen MR) is 115 cm³/mol. The highest BCUT2D eigenvalue weighted by Gasteiger charge is 2.15. The molecule has 0 saturated carbocycles. The number of hydrogen-bond donors (Lipinski definition) is 1. The lowest BCUT2D eigenvalue weighted by atomic mass is 10.1. The first-order valence-corrected chi connectivity index (χ1v) is 9.30. The molecule has 0 aliphatic carbocycles. The third-order valence-electron chi connectivity index (χ3n) is 4.50. The molecule has 1 N–H and O–H groups in total. The van der Waals surface area contributed by atoms with Crippen LogP contribution in [-0.4, -0.2) is 26.3 Å². The highest BCUT2D eigenvalue weighted by atomic mass is 16.5. The monoisotopic (exact) mass is 405 g/mol. The van der Waals surface area contributed by atoms with Gasteiger partial charge < -0.3 is 23.9 Å². The van der Waals surface area contributed by atoms with Crippen molar-refractivity contribution in [1.82, 2.24) is 4.98 Å². The van der Waals surface area contributed by atoms with Crippen LogP contribution in [0.4, 0.5) is 5.88 Å². The summed E-state index contributed by atoms with van der Waals surface area (Å²) in [6.45, 7) is 1.99. The van der Waals surface area contributed by atoms with E-state index < -0.39 is 0 Å². The van der Waals surface area contributed by atoms with Crippen LogP contribution in [0.25, 0.3) is 12.2 Å². The fourth-order valence-electron chi connectivity index (χ4n) is 2.97. The van der Waals surface area contributed by atoms with Crippen LogP contribution in [0.15, 0.2) is 46.9 Å². The lowest BCUT2D eigenvalue weighted by Gasteiger charge is -2.13. The molecule has 0 radical (unpaired) electrons. The lowest BCUT2D eigenvalue weighted by molar-refractivity contribution is 0.324. The van der Waals surface area contributed by atoms with Gasteiger partial charge >= 0.3 is 0 Å². The predicted octanol–water partition coefficient (Wildman–Crippen LogP) is 4.92. The lowest BCUT2D eigenvalue weighted by Crippen LogP contribution is -2.06. The third kappa shape index (κ3) is 4.55. The molecular weight excluding hydrogens is 382 g/mol. The standard InChI is InChI=1S/C23H23N3O4/c1-15(17-8-6-5-7-9-17)25-23-18(14-24)26-21(30-23)11-10-16-12-19(27-2)22(29-4)20(13-16)28-3/h5-13,15,25H,1-4H3/b11-10+/t15-/m1/s1. The summed E-state index contributed by atoms with van der Waals surface area (Å²) in [7, 11) is 4.67. The highest BCUT2D eigenvalue weighted by molar-refractivity contribution is 5.71. The normalized spacial score (nSPS) is 11.7. The molecule has 30 heavy (non-hydrogen) atoms. The van der Waals surface area contributed by atoms with E-state index in [0.717, 1.165) is 11.1 Å². The molecule has 0 aliphatic rings. The zero-order valence-corrected chi connectivity index (χ0v) is 17.3. The minimum Gasteiger partial charge on any atom is -0.493 e. The van der Waals surface area contributed by atoms with E-state index in [1.54, 1.807) is 33.5 Å². The molecule has 3 rings (SSSR count). The summed E-state index contributed by atoms with van der Waals surface area (Å²) in [4.78, 5) is 4.25. The van der Waals surface area contributed by atoms with Crippen molar-refractivity contribution in [2.24, 2.45) is 0 Å². The molecule has 0 bridgehead atoms. The molecular formula is C23H23N3O4. The quantitative estimate of drug-likeness (QED) is 0.569. The Hall–Kier alpha value is -3.92. The van der Waals surface area contributed by atoms with Gasteiger partial charge in [0.15, 0.2) is 11.5 Å². The molecule has 1 atom stereocenters. The van der Waals surface area contributed by atoms with Gasteiger partial charge in [0.2, 0.25) is 23.2 Å². The van der Waals surface area contributed by atoms with E-state index >= 15 is 0 Å². The molecule has 2 aromatic carbocycles. The summed E-state index contributed by atoms with van der Waals surface area (Å²) >= 11 is 0. The SMILES string of the molecule is COc1cc(/C=C/c2nc(C#N)c(N[C@H](C)c3ccccc3)o2)cc(OC)c1OC. The largest absolute Gasteiger partial charge is 0.493 e. The molecule has 0 amide bonds. The Morgan fingerprint density at radius 2 is 1.70 bits per heavy atom. The van der Waals surface area contributed by atoms with Gasteiger partial charge in [0.05, 0.1) is 27.4 Å². The van der Waals surface area contributed by atoms with Gasteiger partial charge in [-0.15, -0.1) is 0 Å². The summed E-state index contributed by atoms with van der Waals surface area (Å²) < 4.78 is 21.8. The van der Waals surface area contributed by atoms with Crippen molar-refractivity contribution in [2.75, 3.05) is 26.6 Å². The summed E-state index contributed by atoms with van der Waals surface area (Å²) in [6, 6.07) is 15.5. The van der Waals surface area contributed by atoms with E-state index in [9.17, 15) is 5.26 Å². The first-order valence-electron chi connectivity index (χ1n) is 9.30. The maximum atomic E-state index is 9.41. The third-order valence-corrected chi connectivity index (χ3v) is 4.50. The molecule has 7 heteroatoms. The van der Waals surface area contributed by atoms with Crippen LogP contribution in [-0.2, 0) is 0 Å². The van der Waals surface area contributed by atoms with Crippen LogP contribution < -0.4 is 19.5 Å². The molecule has 3 aromatic rings. The number of methoxy groups -OCH3 is 3. The number of ether oxygens (including phenoxy) is 3. The second-order valence-corrected chi connectivity index (χ2v) is 6.41. The van der Waals surface area contributed by atoms with Gasteiger partial charge in [0, 0.05) is 6.08 Å². The Kier molecular flexibility index (Phi) is 6.60. The van der Waals surface area contributed by atoms with E-state index in [-0.39, 0.29) is 11.7 Å². The molecule has 7 nitrogen and oxygen atoms in total. The number of oxazole rings is 1. The molecule has 0 spiro atoms. The minimum atomic E-state index is -0.0433. The van der Waals surface area contributed by atoms with Gasteiger partial charge in [0.1, 0.15) is 6.07 Å². The number of anilines is 1. The second kappa shape index (κ2) is 9.52. The number of aromatic nitrogens is 1. The summed E-state index contributed by atoms with van der Waals surface area (Å²) in [5.41, 5.74) is 2.07. The second-order valence-electron chi connectivity index (χ2n) is 6.41. The van der Waals surface area contributed by atoms with E-state index in [1.165, 1.54) is 0 Å². The van der Waals surface area contributed by atoms with Crippen LogP contribution >= 0.6 is 0 Å². The van der Waals surface area contributed by atoms with Gasteiger partial charge in [-0.2, -0.15) is 10.2 Å². The smallest absolute Gasteiger partial charge is 0.233 e. The topological polar surface area (TPSA) is 89.5 Å². The van der Waals surface area contributed by atoms with Crippen LogP contribution in [0.3, 0.4) is 0 Å². The molecule has 1 aromatic heterocycles. The highest BCUT2D eigenvalue weighted by Crippen LogP contribution is 2.38. The average molecular weight is 405 g/mol. The van der Waals surface area contributed by atoms with Crippen LogP contribution in [0, 0.1) is 11.3 Å². The zero-order chi connectivity index (χ0) is 21.5. The number of benzene rings is 2. The van der Waals surface area contributed by atoms with Crippen molar-refractivity contribution in [3.63, 3.8) is 0 Å². The maximum Gasteiger partial charge on any atom is 0.233 e. The van der Waals surface area contributed by atoms with Gasteiger partial charge in [-0.1, -0.05) is 30.3 Å². The van der Waals surface area contributed by atoms with Crippen LogP contribution in [0.5, 0.6) is 17.2 Å². The van der Waals surface area contributed by atoms with Crippen molar-refractivity contribution in [2.45, 2.75) is 13.0 Å². The van der Waals surface area contributed by atoms with Crippen LogP contribution in [0.1, 0.15) is 35.7 Å². The van der Waals surface area contributed by atoms with Crippen molar-refractivity contribution < 1.29 is 18.6 Å². The first kappa shape index (κ1) is 20.8. The summed E-state index contributed by atoms with van der Waals surface area (Å²) in [5.74, 6) is 2.24. The number of nitriles is 1. The van der Waals surface area contributed by atoms with Crippen LogP contribution in [0.2, 0.25) is 0 Å². The van der Waals surface area contributed by atoms with E-state index in [4.69, 9.17) is 18.6 Å². The Balaban J connectivity index is 1.84. The van der Waals surface area contributed by atoms with E-state index in [2.05, 4.69) is 16.4 Å². The molecule has 0 unspecified atom stereocenters. The Bertz CT molecular complexity index is 1040. The number of nitrogens with one attached hydrogen (secondary N) is 1. The van der Waals surface area contributed by atoms with Gasteiger partial charge in [-0.05, 0) is 36.3 Å². The van der Waals surface area contributed by atoms with E-state index in [1.807, 2.05) is 49.4 Å². The Morgan fingerprint density at radius 1 is 1.03 bits per heavy atom. The molecule has 1 heterocycles. The molecule has 0 aliphatic heterocycles. The summed E-state index contributed by atoms with van der Waals surface area (Å²) in [6.07, 6.45) is 3.47. The maximum absolute atomic E-state index is 9.41. The van der Waals surface area contributed by atoms with Gasteiger partial charge in [-0.3, -0.25) is 0 Å². The molecule has 0 fully saturated rings. The number of nitrogens with zero attached hydrogens (tertiary/aromatic N) is 2. The van der Waals surface area contributed by atoms with Gasteiger partial charge in [-0.25, -0.2) is 0 Å². The van der Waals surface area contributed by atoms with Crippen molar-refractivity contribution in [3.05, 3.63) is 65.2 Å². The molecule has 154 valence electrons. The Morgan fingerprint density at radius 3 is 2.27 bits per heavy atom. The number of hydrogen-bond acceptors (Lipinski definition) is 7. The fourth-order valence-corrected chi connectivity index (χ4v) is 2.97. The molecule has 0 saturated heterocycles. The van der Waals surface area contributed by atoms with E-state index in [0.29, 0.717) is 29.0 Å².